The molecule has 0 aliphatic heterocycles. The van der Waals surface area contributed by atoms with Gasteiger partial charge in [0.2, 0.25) is 0 Å². The van der Waals surface area contributed by atoms with Crippen LogP contribution in [0.4, 0.5) is 4.39 Å². The zero-order valence-electron chi connectivity index (χ0n) is 22.3. The summed E-state index contributed by atoms with van der Waals surface area (Å²) < 4.78 is 23.9. The van der Waals surface area contributed by atoms with Crippen LogP contribution in [0.25, 0.3) is 5.69 Å². The highest BCUT2D eigenvalue weighted by Crippen LogP contribution is 2.33. The van der Waals surface area contributed by atoms with E-state index in [9.17, 15) is 14.7 Å². The Morgan fingerprint density at radius 1 is 1.16 bits per heavy atom. The summed E-state index contributed by atoms with van der Waals surface area (Å²) in [5, 5.41) is 14.1. The molecular weight excluding hydrogens is 473 g/mol. The third kappa shape index (κ3) is 5.69. The number of aliphatic hydroxyl groups excluding tert-OH is 1. The number of ether oxygens (including phenoxy) is 1. The minimum absolute atomic E-state index is 0.106. The van der Waals surface area contributed by atoms with Crippen LogP contribution in [0.15, 0.2) is 35.1 Å². The number of hydrogen-bond acceptors (Lipinski definition) is 5. The number of rotatable bonds is 8. The topological polar surface area (TPSA) is 86.4 Å². The number of benzene rings is 2. The molecule has 1 aromatic heterocycles. The minimum atomic E-state index is -1.01. The molecule has 0 radical (unpaired) electrons. The first-order valence-corrected chi connectivity index (χ1v) is 13.0. The summed E-state index contributed by atoms with van der Waals surface area (Å²) in [6.07, 6.45) is 4.47. The highest BCUT2D eigenvalue weighted by atomic mass is 19.1. The lowest BCUT2D eigenvalue weighted by Crippen LogP contribution is -2.27. The van der Waals surface area contributed by atoms with Crippen molar-refractivity contribution < 1.29 is 19.0 Å². The number of halogens is 1. The quantitative estimate of drug-likeness (QED) is 0.424. The average molecular weight is 510 g/mol. The maximum atomic E-state index is 15.5. The van der Waals surface area contributed by atoms with E-state index < -0.39 is 17.6 Å². The number of aromatic nitrogens is 3. The van der Waals surface area contributed by atoms with Crippen molar-refractivity contribution in [2.45, 2.75) is 78.4 Å². The lowest BCUT2D eigenvalue weighted by molar-refractivity contribution is 0.0969. The van der Waals surface area contributed by atoms with Gasteiger partial charge in [0.25, 0.3) is 0 Å². The van der Waals surface area contributed by atoms with E-state index in [4.69, 9.17) is 4.74 Å². The first kappa shape index (κ1) is 26.8. The number of Topliss-reactive ketones (excluding diaryl/α,β-unsaturated/α-hetero) is 1. The average Bonchev–Trinajstić information content (AvgIpc) is 3.16. The van der Waals surface area contributed by atoms with Crippen molar-refractivity contribution in [3.8, 4) is 11.4 Å². The van der Waals surface area contributed by atoms with E-state index in [-0.39, 0.29) is 41.1 Å². The number of hydrogen-bond donors (Lipinski definition) is 1. The van der Waals surface area contributed by atoms with Crippen LogP contribution in [0.1, 0.15) is 84.9 Å². The first-order valence-electron chi connectivity index (χ1n) is 13.0. The van der Waals surface area contributed by atoms with Gasteiger partial charge in [-0.3, -0.25) is 9.36 Å². The van der Waals surface area contributed by atoms with Crippen molar-refractivity contribution in [3.05, 3.63) is 74.7 Å². The lowest BCUT2D eigenvalue weighted by Gasteiger charge is -2.29. The van der Waals surface area contributed by atoms with Gasteiger partial charge in [0.1, 0.15) is 23.4 Å². The Balaban J connectivity index is 1.76. The molecule has 2 aromatic carbocycles. The van der Waals surface area contributed by atoms with Gasteiger partial charge in [0.05, 0.1) is 11.7 Å². The van der Waals surface area contributed by atoms with Crippen LogP contribution >= 0.6 is 0 Å². The molecule has 1 aliphatic carbocycles. The molecule has 1 N–H and O–H groups in total. The monoisotopic (exact) mass is 509 g/mol. The fraction of sp³-hybridized carbons (Fsp3) is 0.483. The van der Waals surface area contributed by atoms with Crippen LogP contribution in [0.2, 0.25) is 0 Å². The van der Waals surface area contributed by atoms with Crippen LogP contribution in [0.3, 0.4) is 0 Å². The minimum Gasteiger partial charge on any atom is -0.490 e. The van der Waals surface area contributed by atoms with Crippen molar-refractivity contribution in [1.29, 1.82) is 0 Å². The third-order valence-electron chi connectivity index (χ3n) is 7.44. The maximum absolute atomic E-state index is 15.5. The molecule has 3 aromatic rings. The van der Waals surface area contributed by atoms with E-state index in [0.29, 0.717) is 5.92 Å². The second-order valence-electron chi connectivity index (χ2n) is 10.3. The number of carbonyl (C=O) groups is 1. The fourth-order valence-electron chi connectivity index (χ4n) is 5.21. The third-order valence-corrected chi connectivity index (χ3v) is 7.44. The van der Waals surface area contributed by atoms with Gasteiger partial charge in [-0.2, -0.15) is 4.68 Å². The molecule has 1 heterocycles. The molecule has 0 amide bonds. The Morgan fingerprint density at radius 2 is 1.86 bits per heavy atom. The molecule has 1 fully saturated rings. The number of aryl methyl sites for hydroxylation is 2. The van der Waals surface area contributed by atoms with Gasteiger partial charge in [-0.05, 0) is 63.6 Å². The van der Waals surface area contributed by atoms with E-state index in [1.54, 1.807) is 0 Å². The molecule has 0 spiro atoms. The van der Waals surface area contributed by atoms with Crippen LogP contribution in [0.5, 0.6) is 5.75 Å². The first-order chi connectivity index (χ1) is 17.6. The van der Waals surface area contributed by atoms with E-state index in [0.717, 1.165) is 53.1 Å². The van der Waals surface area contributed by atoms with Crippen molar-refractivity contribution in [2.75, 3.05) is 0 Å². The molecule has 1 saturated carbocycles. The highest BCUT2D eigenvalue weighted by Gasteiger charge is 2.26. The fourth-order valence-corrected chi connectivity index (χ4v) is 5.21. The molecule has 198 valence electrons. The van der Waals surface area contributed by atoms with Gasteiger partial charge in [0, 0.05) is 19.5 Å². The van der Waals surface area contributed by atoms with Crippen LogP contribution in [-0.2, 0) is 13.5 Å². The summed E-state index contributed by atoms with van der Waals surface area (Å²) in [5.41, 5.74) is 2.38. The Morgan fingerprint density at radius 3 is 2.49 bits per heavy atom. The SMILES string of the molecule is Cc1ccc(CC(=O)c2cc(F)c(-n3nc(C(C)O)n(C)c3=O)cc2OC(C)C2CCCCC2)c(C)c1. The summed E-state index contributed by atoms with van der Waals surface area (Å²) in [5.74, 6) is -0.345. The molecule has 7 nitrogen and oxygen atoms in total. The van der Waals surface area contributed by atoms with Crippen LogP contribution < -0.4 is 10.4 Å². The normalized spacial score (nSPS) is 16.0. The van der Waals surface area contributed by atoms with Crippen molar-refractivity contribution in [2.24, 2.45) is 13.0 Å². The Hall–Kier alpha value is -3.26. The van der Waals surface area contributed by atoms with Gasteiger partial charge in [-0.1, -0.05) is 43.0 Å². The van der Waals surface area contributed by atoms with Crippen molar-refractivity contribution in [3.63, 3.8) is 0 Å². The van der Waals surface area contributed by atoms with Crippen LogP contribution in [-0.4, -0.2) is 31.3 Å². The van der Waals surface area contributed by atoms with Gasteiger partial charge >= 0.3 is 5.69 Å². The van der Waals surface area contributed by atoms with Crippen LogP contribution in [0, 0.1) is 25.6 Å². The lowest BCUT2D eigenvalue weighted by atomic mass is 9.86. The number of nitrogens with zero attached hydrogens (tertiary/aromatic N) is 3. The predicted octanol–water partition coefficient (Wildman–Crippen LogP) is 5.15. The molecular formula is C29H36FN3O4. The zero-order valence-corrected chi connectivity index (χ0v) is 22.3. The van der Waals surface area contributed by atoms with Crippen molar-refractivity contribution >= 4 is 5.78 Å². The maximum Gasteiger partial charge on any atom is 0.350 e. The summed E-state index contributed by atoms with van der Waals surface area (Å²) in [6.45, 7) is 7.41. The predicted molar refractivity (Wildman–Crippen MR) is 140 cm³/mol. The molecule has 2 unspecified atom stereocenters. The summed E-state index contributed by atoms with van der Waals surface area (Å²) in [4.78, 5) is 26.3. The Kier molecular flexibility index (Phi) is 7.97. The number of carbonyl (C=O) groups excluding carboxylic acids is 1. The molecule has 1 aliphatic rings. The Bertz CT molecular complexity index is 1350. The Labute approximate surface area is 216 Å². The van der Waals surface area contributed by atoms with Gasteiger partial charge < -0.3 is 9.84 Å². The molecule has 0 saturated heterocycles. The van der Waals surface area contributed by atoms with Gasteiger partial charge in [-0.15, -0.1) is 5.10 Å². The largest absolute Gasteiger partial charge is 0.490 e. The van der Waals surface area contributed by atoms with Gasteiger partial charge in [-0.25, -0.2) is 9.18 Å². The number of aliphatic hydroxyl groups is 1. The zero-order chi connectivity index (χ0) is 26.9. The van der Waals surface area contributed by atoms with E-state index in [1.807, 2.05) is 39.0 Å². The van der Waals surface area contributed by atoms with E-state index >= 15 is 4.39 Å². The van der Waals surface area contributed by atoms with Crippen molar-refractivity contribution in [1.82, 2.24) is 14.3 Å². The second-order valence-corrected chi connectivity index (χ2v) is 10.3. The summed E-state index contributed by atoms with van der Waals surface area (Å²) in [7, 11) is 1.47. The van der Waals surface area contributed by atoms with E-state index in [2.05, 4.69) is 5.10 Å². The molecule has 4 rings (SSSR count). The summed E-state index contributed by atoms with van der Waals surface area (Å²) >= 11 is 0. The second kappa shape index (κ2) is 11.0. The molecule has 37 heavy (non-hydrogen) atoms. The van der Waals surface area contributed by atoms with E-state index in [1.165, 1.54) is 31.0 Å². The highest BCUT2D eigenvalue weighted by molar-refractivity contribution is 6.00. The summed E-state index contributed by atoms with van der Waals surface area (Å²) in [6, 6.07) is 8.43. The standard InChI is InChI=1S/C29H36FN3O4/c1-17-11-12-22(18(2)13-17)14-26(35)23-15-24(30)25(33-29(36)32(5)28(31-33)19(3)34)16-27(23)37-20(4)21-9-7-6-8-10-21/h11-13,15-16,19-21,34H,6-10,14H2,1-5H3. The number of ketones is 1. The molecule has 2 atom stereocenters. The smallest absolute Gasteiger partial charge is 0.350 e. The molecule has 8 heteroatoms. The van der Waals surface area contributed by atoms with Gasteiger partial charge in [0.15, 0.2) is 11.6 Å². The molecule has 0 bridgehead atoms.